The van der Waals surface area contributed by atoms with Gasteiger partial charge in [-0.2, -0.15) is 0 Å². The number of sulfonamides is 1. The number of carbonyl (C=O) groups is 1. The van der Waals surface area contributed by atoms with Gasteiger partial charge in [0.1, 0.15) is 12.4 Å². The van der Waals surface area contributed by atoms with Gasteiger partial charge in [-0.25, -0.2) is 12.7 Å². The molecule has 0 aliphatic rings. The van der Waals surface area contributed by atoms with E-state index in [0.717, 1.165) is 5.56 Å². The van der Waals surface area contributed by atoms with E-state index in [1.807, 2.05) is 30.3 Å². The van der Waals surface area contributed by atoms with Crippen LogP contribution in [-0.4, -0.2) is 42.4 Å². The van der Waals surface area contributed by atoms with E-state index in [1.54, 1.807) is 54.6 Å². The van der Waals surface area contributed by atoms with Crippen molar-refractivity contribution in [2.24, 2.45) is 0 Å². The molecule has 4 aromatic rings. The summed E-state index contributed by atoms with van der Waals surface area (Å²) < 4.78 is 33.1. The Morgan fingerprint density at radius 3 is 2.32 bits per heavy atom. The topological polar surface area (TPSA) is 101 Å². The highest BCUT2D eigenvalue weighted by atomic mass is 35.5. The summed E-state index contributed by atoms with van der Waals surface area (Å²) in [6.45, 7) is 0.328. The third-order valence-electron chi connectivity index (χ3n) is 5.52. The molecule has 4 rings (SSSR count). The quantitative estimate of drug-likeness (QED) is 0.272. The van der Waals surface area contributed by atoms with Crippen molar-refractivity contribution >= 4 is 44.0 Å². The van der Waals surface area contributed by atoms with Gasteiger partial charge < -0.3 is 10.1 Å². The van der Waals surface area contributed by atoms with Gasteiger partial charge in [-0.05, 0) is 42.0 Å². The number of anilines is 1. The van der Waals surface area contributed by atoms with E-state index in [1.165, 1.54) is 22.7 Å². The number of hydrogen-bond donors (Lipinski definition) is 1. The van der Waals surface area contributed by atoms with Gasteiger partial charge >= 0.3 is 0 Å². The van der Waals surface area contributed by atoms with E-state index in [4.69, 9.17) is 16.3 Å². The molecule has 1 amide bonds. The van der Waals surface area contributed by atoms with Gasteiger partial charge in [-0.1, -0.05) is 71.5 Å². The molecule has 0 spiro atoms. The van der Waals surface area contributed by atoms with Crippen LogP contribution >= 0.6 is 22.9 Å². The van der Waals surface area contributed by atoms with E-state index in [-0.39, 0.29) is 36.3 Å². The molecule has 1 aromatic heterocycles. The number of nitrogens with one attached hydrogen (secondary N) is 1. The van der Waals surface area contributed by atoms with Crippen molar-refractivity contribution in [1.82, 2.24) is 14.5 Å². The maximum absolute atomic E-state index is 13.0. The third-order valence-corrected chi connectivity index (χ3v) is 8.42. The summed E-state index contributed by atoms with van der Waals surface area (Å²) >= 11 is 7.10. The number of halogens is 1. The Morgan fingerprint density at radius 1 is 1.00 bits per heavy atom. The Balaban J connectivity index is 1.40. The minimum Gasteiger partial charge on any atom is -0.486 e. The third kappa shape index (κ3) is 7.36. The second kappa shape index (κ2) is 12.3. The monoisotopic (exact) mass is 556 g/mol. The second-order valence-corrected chi connectivity index (χ2v) is 11.7. The molecule has 0 bridgehead atoms. The summed E-state index contributed by atoms with van der Waals surface area (Å²) in [6.07, 6.45) is 0.0643. The molecule has 11 heteroatoms. The zero-order chi connectivity index (χ0) is 26.3. The van der Waals surface area contributed by atoms with Crippen molar-refractivity contribution in [3.63, 3.8) is 0 Å². The van der Waals surface area contributed by atoms with Gasteiger partial charge in [0.25, 0.3) is 0 Å². The van der Waals surface area contributed by atoms with Crippen molar-refractivity contribution in [3.8, 4) is 5.75 Å². The Kier molecular flexibility index (Phi) is 8.88. The lowest BCUT2D eigenvalue weighted by molar-refractivity contribution is -0.116. The van der Waals surface area contributed by atoms with Crippen molar-refractivity contribution < 1.29 is 17.9 Å². The first-order valence-electron chi connectivity index (χ1n) is 11.4. The fourth-order valence-electron chi connectivity index (χ4n) is 3.63. The largest absolute Gasteiger partial charge is 0.486 e. The summed E-state index contributed by atoms with van der Waals surface area (Å²) in [7, 11) is -2.18. The minimum atomic E-state index is -3.70. The molecular weight excluding hydrogens is 532 g/mol. The van der Waals surface area contributed by atoms with Crippen LogP contribution in [0.25, 0.3) is 0 Å². The highest BCUT2D eigenvalue weighted by Gasteiger charge is 2.26. The smallest absolute Gasteiger partial charge is 0.242 e. The number of ether oxygens (including phenoxy) is 1. The van der Waals surface area contributed by atoms with Gasteiger partial charge in [0, 0.05) is 31.0 Å². The average molecular weight is 557 g/mol. The summed E-state index contributed by atoms with van der Waals surface area (Å²) in [4.78, 5) is 13.1. The van der Waals surface area contributed by atoms with Gasteiger partial charge in [0.15, 0.2) is 5.01 Å². The number of hydrogen-bond acceptors (Lipinski definition) is 7. The molecular formula is C26H25ClN4O4S2. The minimum absolute atomic E-state index is 0.0643. The van der Waals surface area contributed by atoms with E-state index in [9.17, 15) is 13.2 Å². The maximum atomic E-state index is 13.0. The fraction of sp³-hybridized carbons (Fsp3) is 0.192. The maximum Gasteiger partial charge on any atom is 0.242 e. The highest BCUT2D eigenvalue weighted by molar-refractivity contribution is 7.89. The van der Waals surface area contributed by atoms with Crippen molar-refractivity contribution in [2.75, 3.05) is 18.9 Å². The van der Waals surface area contributed by atoms with Crippen LogP contribution in [-0.2, 0) is 21.4 Å². The predicted molar refractivity (Wildman–Crippen MR) is 144 cm³/mol. The molecule has 3 aromatic carbocycles. The Hall–Kier alpha value is -3.31. The lowest BCUT2D eigenvalue weighted by atomic mass is 9.95. The molecule has 0 aliphatic carbocycles. The Labute approximate surface area is 224 Å². The molecule has 37 heavy (non-hydrogen) atoms. The van der Waals surface area contributed by atoms with E-state index < -0.39 is 10.0 Å². The molecule has 0 radical (unpaired) electrons. The first-order chi connectivity index (χ1) is 17.8. The van der Waals surface area contributed by atoms with Gasteiger partial charge in [-0.3, -0.25) is 4.79 Å². The number of nitrogens with zero attached hydrogens (tertiary/aromatic N) is 3. The number of rotatable bonds is 11. The van der Waals surface area contributed by atoms with Crippen LogP contribution in [0.3, 0.4) is 0 Å². The zero-order valence-corrected chi connectivity index (χ0v) is 22.3. The summed E-state index contributed by atoms with van der Waals surface area (Å²) in [6, 6.07) is 24.6. The normalized spacial score (nSPS) is 12.3. The molecule has 1 atom stereocenters. The van der Waals surface area contributed by atoms with Crippen LogP contribution in [0, 0.1) is 0 Å². The molecule has 0 aliphatic heterocycles. The molecule has 0 saturated heterocycles. The number of likely N-dealkylation sites (N-methyl/N-ethyl adjacent to an activating group) is 1. The number of aromatic nitrogens is 2. The zero-order valence-electron chi connectivity index (χ0n) is 20.0. The van der Waals surface area contributed by atoms with E-state index in [0.29, 0.717) is 20.9 Å². The van der Waals surface area contributed by atoms with E-state index >= 15 is 0 Å². The lowest BCUT2D eigenvalue weighted by Crippen LogP contribution is -2.32. The van der Waals surface area contributed by atoms with Crippen molar-refractivity contribution in [3.05, 3.63) is 101 Å². The van der Waals surface area contributed by atoms with Gasteiger partial charge in [0.05, 0.1) is 4.90 Å². The number of amides is 1. The summed E-state index contributed by atoms with van der Waals surface area (Å²) in [5.74, 6) is -0.0172. The van der Waals surface area contributed by atoms with Gasteiger partial charge in [0.2, 0.25) is 21.1 Å². The van der Waals surface area contributed by atoms with E-state index in [2.05, 4.69) is 15.5 Å². The lowest BCUT2D eigenvalue weighted by Gasteiger charge is -2.24. The van der Waals surface area contributed by atoms with Crippen LogP contribution in [0.4, 0.5) is 5.13 Å². The van der Waals surface area contributed by atoms with Crippen molar-refractivity contribution in [1.29, 1.82) is 0 Å². The highest BCUT2D eigenvalue weighted by Crippen LogP contribution is 2.25. The summed E-state index contributed by atoms with van der Waals surface area (Å²) in [5.41, 5.74) is 0.863. The molecule has 1 heterocycles. The molecule has 192 valence electrons. The average Bonchev–Trinajstić information content (AvgIpc) is 3.36. The Morgan fingerprint density at radius 2 is 1.65 bits per heavy atom. The number of carbonyl (C=O) groups excluding carboxylic acids is 1. The first kappa shape index (κ1) is 26.7. The second-order valence-electron chi connectivity index (χ2n) is 8.20. The predicted octanol–water partition coefficient (Wildman–Crippen LogP) is 5.20. The first-order valence-corrected chi connectivity index (χ1v) is 14.0. The molecule has 1 N–H and O–H groups in total. The van der Waals surface area contributed by atoms with Crippen LogP contribution in [0.5, 0.6) is 5.75 Å². The SMILES string of the molecule is CN(C[C@H](CC(=O)Nc1nnc(COc2ccc(Cl)cc2)s1)c1ccccc1)S(=O)(=O)c1ccccc1. The molecule has 8 nitrogen and oxygen atoms in total. The molecule has 0 saturated carbocycles. The van der Waals surface area contributed by atoms with Crippen molar-refractivity contribution in [2.45, 2.75) is 23.8 Å². The van der Waals surface area contributed by atoms with Crippen LogP contribution < -0.4 is 10.1 Å². The molecule has 0 fully saturated rings. The summed E-state index contributed by atoms with van der Waals surface area (Å²) in [5, 5.41) is 12.4. The number of benzene rings is 3. The fourth-order valence-corrected chi connectivity index (χ4v) is 5.66. The van der Waals surface area contributed by atoms with Gasteiger partial charge in [-0.15, -0.1) is 10.2 Å². The van der Waals surface area contributed by atoms with Crippen LogP contribution in [0.2, 0.25) is 5.02 Å². The standard InChI is InChI=1S/C26H25ClN4O4S2/c1-31(37(33,34)23-10-6-3-7-11-23)17-20(19-8-4-2-5-9-19)16-24(32)28-26-30-29-25(36-26)18-35-22-14-12-21(27)13-15-22/h2-15,20H,16-18H2,1H3,(H,28,30,32)/t20-/m0/s1. The Bertz CT molecular complexity index is 1420. The van der Waals surface area contributed by atoms with Crippen LogP contribution in [0.1, 0.15) is 22.9 Å². The van der Waals surface area contributed by atoms with Crippen LogP contribution in [0.15, 0.2) is 89.8 Å². The molecule has 0 unspecified atom stereocenters.